The summed E-state index contributed by atoms with van der Waals surface area (Å²) in [5.74, 6) is 0.694. The zero-order valence-corrected chi connectivity index (χ0v) is 13.9. The van der Waals surface area contributed by atoms with Crippen molar-refractivity contribution in [1.29, 1.82) is 0 Å². The molecule has 5 nitrogen and oxygen atoms in total. The number of rotatable bonds is 8. The Kier molecular flexibility index (Phi) is 5.67. The van der Waals surface area contributed by atoms with Crippen LogP contribution in [0.4, 0.5) is 5.69 Å². The van der Waals surface area contributed by atoms with Crippen molar-refractivity contribution in [1.82, 2.24) is 0 Å². The van der Waals surface area contributed by atoms with Crippen molar-refractivity contribution in [3.63, 3.8) is 0 Å². The molecule has 6 heteroatoms. The summed E-state index contributed by atoms with van der Waals surface area (Å²) >= 11 is 6.17. The molecule has 0 unspecified atom stereocenters. The van der Waals surface area contributed by atoms with Gasteiger partial charge in [0, 0.05) is 19.9 Å². The number of carbonyl (C=O) groups is 1. The average Bonchev–Trinajstić information content (AvgIpc) is 3.34. The molecule has 0 heterocycles. The van der Waals surface area contributed by atoms with Gasteiger partial charge in [0.25, 0.3) is 5.91 Å². The molecule has 0 spiro atoms. The number of benzene rings is 1. The van der Waals surface area contributed by atoms with Gasteiger partial charge < -0.3 is 19.5 Å². The summed E-state index contributed by atoms with van der Waals surface area (Å²) in [6.45, 7) is 2.73. The van der Waals surface area contributed by atoms with Crippen LogP contribution in [0.2, 0.25) is 5.02 Å². The van der Waals surface area contributed by atoms with E-state index in [-0.39, 0.29) is 11.8 Å². The summed E-state index contributed by atoms with van der Waals surface area (Å²) in [6.07, 6.45) is 2.04. The van der Waals surface area contributed by atoms with Crippen LogP contribution in [0.3, 0.4) is 0 Å². The van der Waals surface area contributed by atoms with Gasteiger partial charge in [0.15, 0.2) is 0 Å². The van der Waals surface area contributed by atoms with Crippen molar-refractivity contribution in [2.75, 3.05) is 32.8 Å². The molecule has 1 aliphatic carbocycles. The van der Waals surface area contributed by atoms with Crippen LogP contribution in [-0.4, -0.2) is 38.9 Å². The molecule has 122 valence electrons. The Morgan fingerprint density at radius 3 is 2.64 bits per heavy atom. The Balaban J connectivity index is 2.01. The lowest BCUT2D eigenvalue weighted by Gasteiger charge is -2.26. The molecular weight excluding hydrogens is 306 g/mol. The van der Waals surface area contributed by atoms with E-state index >= 15 is 0 Å². The van der Waals surface area contributed by atoms with E-state index in [1.54, 1.807) is 32.4 Å². The van der Waals surface area contributed by atoms with Gasteiger partial charge in [-0.15, -0.1) is 0 Å². The smallest absolute Gasteiger partial charge is 0.256 e. The molecule has 0 aliphatic heterocycles. The fourth-order valence-corrected chi connectivity index (χ4v) is 2.50. The van der Waals surface area contributed by atoms with Crippen molar-refractivity contribution >= 4 is 23.2 Å². The van der Waals surface area contributed by atoms with E-state index in [1.165, 1.54) is 0 Å². The van der Waals surface area contributed by atoms with Crippen LogP contribution in [0.25, 0.3) is 0 Å². The first-order valence-electron chi connectivity index (χ1n) is 7.29. The van der Waals surface area contributed by atoms with Crippen LogP contribution >= 0.6 is 11.6 Å². The zero-order valence-electron chi connectivity index (χ0n) is 13.1. The monoisotopic (exact) mass is 327 g/mol. The van der Waals surface area contributed by atoms with Crippen LogP contribution in [0.15, 0.2) is 18.2 Å². The second kappa shape index (κ2) is 7.31. The fourth-order valence-electron chi connectivity index (χ4n) is 2.26. The van der Waals surface area contributed by atoms with Crippen molar-refractivity contribution in [2.45, 2.75) is 25.4 Å². The summed E-state index contributed by atoms with van der Waals surface area (Å²) in [6, 6.07) is 5.16. The van der Waals surface area contributed by atoms with Crippen LogP contribution in [0.1, 0.15) is 19.8 Å². The van der Waals surface area contributed by atoms with E-state index < -0.39 is 5.60 Å². The van der Waals surface area contributed by atoms with Gasteiger partial charge in [-0.1, -0.05) is 11.6 Å². The van der Waals surface area contributed by atoms with E-state index in [4.69, 9.17) is 25.8 Å². The number of hydrogen-bond acceptors (Lipinski definition) is 4. The highest BCUT2D eigenvalue weighted by Gasteiger charge is 2.47. The number of ether oxygens (including phenoxy) is 3. The first-order valence-corrected chi connectivity index (χ1v) is 7.67. The van der Waals surface area contributed by atoms with E-state index in [2.05, 4.69) is 5.32 Å². The number of methoxy groups -OCH3 is 2. The minimum Gasteiger partial charge on any atom is -0.490 e. The van der Waals surface area contributed by atoms with Gasteiger partial charge >= 0.3 is 0 Å². The fraction of sp³-hybridized carbons (Fsp3) is 0.562. The topological polar surface area (TPSA) is 56.8 Å². The Labute approximate surface area is 135 Å². The average molecular weight is 328 g/mol. The third-order valence-corrected chi connectivity index (χ3v) is 4.26. The Hall–Kier alpha value is -1.30. The third-order valence-electron chi connectivity index (χ3n) is 3.97. The molecule has 0 bridgehead atoms. The Bertz CT molecular complexity index is 533. The molecule has 1 atom stereocenters. The van der Waals surface area contributed by atoms with E-state index in [9.17, 15) is 4.79 Å². The number of amides is 1. The SMILES string of the molecule is COCCOc1ccc(NC(=O)[C@](C)(OC)C2CC2)cc1Cl. The lowest BCUT2D eigenvalue weighted by Crippen LogP contribution is -2.44. The van der Waals surface area contributed by atoms with E-state index in [0.717, 1.165) is 12.8 Å². The minimum absolute atomic E-state index is 0.151. The van der Waals surface area contributed by atoms with Gasteiger partial charge in [0.2, 0.25) is 0 Å². The quantitative estimate of drug-likeness (QED) is 0.745. The summed E-state index contributed by atoms with van der Waals surface area (Å²) in [5.41, 5.74) is -0.168. The number of hydrogen-bond donors (Lipinski definition) is 1. The molecule has 1 aromatic carbocycles. The van der Waals surface area contributed by atoms with Gasteiger partial charge in [0.1, 0.15) is 18.0 Å². The van der Waals surface area contributed by atoms with E-state index in [1.807, 2.05) is 6.92 Å². The zero-order chi connectivity index (χ0) is 16.2. The van der Waals surface area contributed by atoms with Crippen LogP contribution in [0, 0.1) is 5.92 Å². The first kappa shape index (κ1) is 17.1. The van der Waals surface area contributed by atoms with Crippen molar-refractivity contribution in [3.05, 3.63) is 23.2 Å². The maximum atomic E-state index is 12.4. The number of anilines is 1. The molecule has 2 rings (SSSR count). The standard InChI is InChI=1S/C16H22ClNO4/c1-16(21-3,11-4-5-11)15(19)18-12-6-7-14(13(17)10-12)22-9-8-20-2/h6-7,10-11H,4-5,8-9H2,1-3H3,(H,18,19)/t16-/m1/s1. The Morgan fingerprint density at radius 2 is 2.09 bits per heavy atom. The molecule has 0 saturated heterocycles. The summed E-state index contributed by atoms with van der Waals surface area (Å²) in [4.78, 5) is 12.4. The summed E-state index contributed by atoms with van der Waals surface area (Å²) in [7, 11) is 3.17. The van der Waals surface area contributed by atoms with Crippen LogP contribution < -0.4 is 10.1 Å². The van der Waals surface area contributed by atoms with Crippen LogP contribution in [-0.2, 0) is 14.3 Å². The third kappa shape index (κ3) is 3.91. The number of nitrogens with one attached hydrogen (secondary N) is 1. The molecule has 22 heavy (non-hydrogen) atoms. The normalized spacial score (nSPS) is 16.9. The molecule has 0 radical (unpaired) electrons. The van der Waals surface area contributed by atoms with Crippen molar-refractivity contribution in [3.8, 4) is 5.75 Å². The molecule has 1 amide bonds. The molecule has 1 saturated carbocycles. The van der Waals surface area contributed by atoms with Gasteiger partial charge in [-0.05, 0) is 43.9 Å². The summed E-state index contributed by atoms with van der Waals surface area (Å²) in [5, 5.41) is 3.31. The second-order valence-corrected chi connectivity index (χ2v) is 5.93. The molecular formula is C16H22ClNO4. The van der Waals surface area contributed by atoms with Gasteiger partial charge in [-0.25, -0.2) is 0 Å². The molecule has 1 aromatic rings. The number of carbonyl (C=O) groups excluding carboxylic acids is 1. The second-order valence-electron chi connectivity index (χ2n) is 5.53. The minimum atomic E-state index is -0.792. The predicted octanol–water partition coefficient (Wildman–Crippen LogP) is 3.12. The highest BCUT2D eigenvalue weighted by atomic mass is 35.5. The molecule has 1 fully saturated rings. The maximum absolute atomic E-state index is 12.4. The predicted molar refractivity (Wildman–Crippen MR) is 85.6 cm³/mol. The Morgan fingerprint density at radius 1 is 1.36 bits per heavy atom. The van der Waals surface area contributed by atoms with E-state index in [0.29, 0.717) is 29.7 Å². The lowest BCUT2D eigenvalue weighted by atomic mass is 9.99. The van der Waals surface area contributed by atoms with Crippen LogP contribution in [0.5, 0.6) is 5.75 Å². The lowest BCUT2D eigenvalue weighted by molar-refractivity contribution is -0.138. The van der Waals surface area contributed by atoms with Gasteiger partial charge in [-0.2, -0.15) is 0 Å². The van der Waals surface area contributed by atoms with Crippen molar-refractivity contribution in [2.24, 2.45) is 5.92 Å². The summed E-state index contributed by atoms with van der Waals surface area (Å²) < 4.78 is 15.8. The largest absolute Gasteiger partial charge is 0.490 e. The van der Waals surface area contributed by atoms with Crippen molar-refractivity contribution < 1.29 is 19.0 Å². The maximum Gasteiger partial charge on any atom is 0.256 e. The number of halogens is 1. The van der Waals surface area contributed by atoms with Gasteiger partial charge in [0.05, 0.1) is 11.6 Å². The molecule has 0 aromatic heterocycles. The highest BCUT2D eigenvalue weighted by molar-refractivity contribution is 6.32. The molecule has 1 aliphatic rings. The highest BCUT2D eigenvalue weighted by Crippen LogP contribution is 2.42. The molecule has 1 N–H and O–H groups in total. The van der Waals surface area contributed by atoms with Gasteiger partial charge in [-0.3, -0.25) is 4.79 Å². The first-order chi connectivity index (χ1) is 10.5.